The van der Waals surface area contributed by atoms with Gasteiger partial charge in [0.2, 0.25) is 0 Å². The van der Waals surface area contributed by atoms with E-state index >= 15 is 0 Å². The predicted molar refractivity (Wildman–Crippen MR) is 139 cm³/mol. The molecule has 0 saturated heterocycles. The van der Waals surface area contributed by atoms with E-state index in [2.05, 4.69) is 50.3 Å². The molecule has 0 atom stereocenters. The van der Waals surface area contributed by atoms with Gasteiger partial charge in [-0.1, -0.05) is 58.4 Å². The van der Waals surface area contributed by atoms with Gasteiger partial charge in [0.25, 0.3) is 0 Å². The van der Waals surface area contributed by atoms with Crippen molar-refractivity contribution in [2.45, 2.75) is 6.54 Å². The molecule has 0 radical (unpaired) electrons. The molecular weight excluding hydrogens is 486 g/mol. The fourth-order valence-electron chi connectivity index (χ4n) is 4.25. The van der Waals surface area contributed by atoms with Crippen LogP contribution in [0.2, 0.25) is 0 Å². The molecule has 0 aliphatic rings. The minimum Gasteiger partial charge on any atom is -0.337 e. The van der Waals surface area contributed by atoms with Crippen LogP contribution >= 0.6 is 15.9 Å². The molecule has 0 bridgehead atoms. The Hall–Kier alpha value is -4.39. The van der Waals surface area contributed by atoms with Crippen molar-refractivity contribution in [3.8, 4) is 23.7 Å². The molecule has 0 unspecified atom stereocenters. The first-order chi connectivity index (χ1) is 16.6. The summed E-state index contributed by atoms with van der Waals surface area (Å²) in [6, 6.07) is 27.6. The summed E-state index contributed by atoms with van der Waals surface area (Å²) in [4.78, 5) is 8.28. The van der Waals surface area contributed by atoms with E-state index in [1.807, 2.05) is 72.8 Å². The number of imidazole rings is 1. The number of aromatic amines is 1. The van der Waals surface area contributed by atoms with E-state index in [1.54, 1.807) is 0 Å². The number of allylic oxidation sites excluding steroid dienone is 2. The molecule has 1 N–H and O–H groups in total. The lowest BCUT2D eigenvalue weighted by atomic mass is 9.93. The lowest BCUT2D eigenvalue weighted by molar-refractivity contribution is 0.867. The molecule has 0 amide bonds. The second kappa shape index (κ2) is 8.86. The van der Waals surface area contributed by atoms with Crippen LogP contribution in [0.4, 0.5) is 0 Å². The fourth-order valence-corrected chi connectivity index (χ4v) is 4.63. The van der Waals surface area contributed by atoms with E-state index in [-0.39, 0.29) is 5.57 Å². The highest BCUT2D eigenvalue weighted by Crippen LogP contribution is 2.32. The number of rotatable bonds is 5. The molecule has 5 aromatic rings. The second-order valence-electron chi connectivity index (χ2n) is 7.79. The Bertz CT molecular complexity index is 1660. The summed E-state index contributed by atoms with van der Waals surface area (Å²) in [5.74, 6) is 0.743. The van der Waals surface area contributed by atoms with Crippen LogP contribution in [-0.4, -0.2) is 14.5 Å². The Morgan fingerprint density at radius 3 is 2.53 bits per heavy atom. The van der Waals surface area contributed by atoms with Gasteiger partial charge in [-0.3, -0.25) is 0 Å². The van der Waals surface area contributed by atoms with E-state index in [1.165, 1.54) is 0 Å². The van der Waals surface area contributed by atoms with Crippen molar-refractivity contribution in [3.63, 3.8) is 0 Å². The van der Waals surface area contributed by atoms with Gasteiger partial charge in [-0.05, 0) is 47.5 Å². The molecule has 2 heterocycles. The lowest BCUT2D eigenvalue weighted by Crippen LogP contribution is -1.98. The molecule has 0 spiro atoms. The maximum atomic E-state index is 9.59. The third-order valence-electron chi connectivity index (χ3n) is 5.72. The molecule has 5 rings (SSSR count). The number of fused-ring (bicyclic) bond motifs is 2. The number of nitrogens with one attached hydrogen (secondary N) is 1. The minimum atomic E-state index is 0.0713. The third-order valence-corrected chi connectivity index (χ3v) is 6.22. The van der Waals surface area contributed by atoms with Crippen molar-refractivity contribution in [1.82, 2.24) is 14.5 Å². The Labute approximate surface area is 205 Å². The highest BCUT2D eigenvalue weighted by Gasteiger charge is 2.16. The van der Waals surface area contributed by atoms with E-state index in [4.69, 9.17) is 4.98 Å². The summed E-state index contributed by atoms with van der Waals surface area (Å²) in [6.45, 7) is 4.56. The lowest BCUT2D eigenvalue weighted by Gasteiger charge is -2.08. The van der Waals surface area contributed by atoms with E-state index in [0.29, 0.717) is 12.1 Å². The van der Waals surface area contributed by atoms with Crippen molar-refractivity contribution in [2.75, 3.05) is 0 Å². The third kappa shape index (κ3) is 3.71. The van der Waals surface area contributed by atoms with Gasteiger partial charge in [-0.25, -0.2) is 4.98 Å². The highest BCUT2D eigenvalue weighted by molar-refractivity contribution is 9.10. The molecule has 6 heteroatoms. The summed E-state index contributed by atoms with van der Waals surface area (Å²) in [6.07, 6.45) is 1.87. The van der Waals surface area contributed by atoms with Crippen molar-refractivity contribution in [2.24, 2.45) is 0 Å². The zero-order valence-corrected chi connectivity index (χ0v) is 19.7. The molecule has 162 valence electrons. The fraction of sp³-hybridized carbons (Fsp3) is 0.0357. The summed E-state index contributed by atoms with van der Waals surface area (Å²) in [7, 11) is 0. The van der Waals surface area contributed by atoms with E-state index in [9.17, 15) is 10.5 Å². The number of aromatic nitrogens is 3. The summed E-state index contributed by atoms with van der Waals surface area (Å²) in [5.41, 5.74) is 5.96. The number of nitriles is 2. The number of hydrogen-bond donors (Lipinski definition) is 1. The van der Waals surface area contributed by atoms with Gasteiger partial charge in [0.1, 0.15) is 17.7 Å². The maximum absolute atomic E-state index is 9.59. The Morgan fingerprint density at radius 2 is 1.79 bits per heavy atom. The number of halogens is 1. The number of benzene rings is 3. The van der Waals surface area contributed by atoms with Crippen LogP contribution in [0.15, 0.2) is 95.5 Å². The summed E-state index contributed by atoms with van der Waals surface area (Å²) >= 11 is 3.55. The van der Waals surface area contributed by atoms with Crippen LogP contribution < -0.4 is 0 Å². The molecule has 3 aromatic carbocycles. The average molecular weight is 504 g/mol. The highest BCUT2D eigenvalue weighted by atomic mass is 79.9. The Morgan fingerprint density at radius 1 is 1.00 bits per heavy atom. The Balaban J connectivity index is 1.68. The first-order valence-electron chi connectivity index (χ1n) is 10.6. The van der Waals surface area contributed by atoms with Crippen LogP contribution in [0, 0.1) is 22.7 Å². The number of H-pyrrole nitrogens is 1. The molecule has 0 aliphatic heterocycles. The largest absolute Gasteiger partial charge is 0.337 e. The summed E-state index contributed by atoms with van der Waals surface area (Å²) in [5, 5.41) is 20.3. The van der Waals surface area contributed by atoms with Gasteiger partial charge >= 0.3 is 0 Å². The molecule has 0 aliphatic carbocycles. The smallest absolute Gasteiger partial charge is 0.155 e. The normalized spacial score (nSPS) is 10.7. The first-order valence-corrected chi connectivity index (χ1v) is 11.4. The van der Waals surface area contributed by atoms with Crippen LogP contribution in [-0.2, 0) is 6.54 Å². The van der Waals surface area contributed by atoms with E-state index in [0.717, 1.165) is 49.1 Å². The Kier molecular flexibility index (Phi) is 5.59. The van der Waals surface area contributed by atoms with Crippen molar-refractivity contribution < 1.29 is 0 Å². The van der Waals surface area contributed by atoms with Gasteiger partial charge < -0.3 is 9.55 Å². The first kappa shape index (κ1) is 21.5. The van der Waals surface area contributed by atoms with Gasteiger partial charge in [-0.2, -0.15) is 10.5 Å². The standard InChI is InChI=1S/C28H18BrN5/c1-2-12-34-25-11-9-22(29)13-20(25)15-26(34)28-32-23-10-8-19(14-24(23)33-28)27(21(16-30)17-31)18-6-4-3-5-7-18/h2-11,13-15H,1,12H2,(H,32,33). The SMILES string of the molecule is C=CCn1c(-c2nc3ccc(C(=C(C#N)C#N)c4ccccc4)cc3[nH]2)cc2cc(Br)ccc21. The second-order valence-corrected chi connectivity index (χ2v) is 8.70. The minimum absolute atomic E-state index is 0.0713. The monoisotopic (exact) mass is 503 g/mol. The summed E-state index contributed by atoms with van der Waals surface area (Å²) < 4.78 is 3.19. The van der Waals surface area contributed by atoms with Crippen molar-refractivity contribution in [1.29, 1.82) is 10.5 Å². The van der Waals surface area contributed by atoms with Crippen LogP contribution in [0.5, 0.6) is 0 Å². The van der Waals surface area contributed by atoms with Gasteiger partial charge in [-0.15, -0.1) is 6.58 Å². The van der Waals surface area contributed by atoms with Crippen LogP contribution in [0.25, 0.3) is 39.0 Å². The number of hydrogen-bond acceptors (Lipinski definition) is 3. The number of nitrogens with zero attached hydrogens (tertiary/aromatic N) is 4. The quantitative estimate of drug-likeness (QED) is 0.207. The molecule has 0 fully saturated rings. The van der Waals surface area contributed by atoms with Gasteiger partial charge in [0.05, 0.1) is 16.7 Å². The predicted octanol–water partition coefficient (Wildman–Crippen LogP) is 6.98. The van der Waals surface area contributed by atoms with Gasteiger partial charge in [0, 0.05) is 27.5 Å². The average Bonchev–Trinajstić information content (AvgIpc) is 3.43. The van der Waals surface area contributed by atoms with Gasteiger partial charge in [0.15, 0.2) is 5.82 Å². The molecular formula is C28H18BrN5. The van der Waals surface area contributed by atoms with Crippen molar-refractivity contribution in [3.05, 3.63) is 107 Å². The maximum Gasteiger partial charge on any atom is 0.155 e. The van der Waals surface area contributed by atoms with Crippen molar-refractivity contribution >= 4 is 43.4 Å². The molecule has 2 aromatic heterocycles. The molecule has 0 saturated carbocycles. The van der Waals surface area contributed by atoms with Crippen LogP contribution in [0.1, 0.15) is 11.1 Å². The molecule has 5 nitrogen and oxygen atoms in total. The zero-order chi connectivity index (χ0) is 23.7. The molecule has 34 heavy (non-hydrogen) atoms. The zero-order valence-electron chi connectivity index (χ0n) is 18.1. The van der Waals surface area contributed by atoms with Crippen LogP contribution in [0.3, 0.4) is 0 Å². The van der Waals surface area contributed by atoms with E-state index < -0.39 is 0 Å². The topological polar surface area (TPSA) is 81.2 Å².